The molecule has 4 rings (SSSR count). The van der Waals surface area contributed by atoms with Crippen molar-refractivity contribution in [2.75, 3.05) is 26.9 Å². The summed E-state index contributed by atoms with van der Waals surface area (Å²) in [6.07, 6.45) is 1.62. The molecular formula is C22H23F4N3O4. The van der Waals surface area contributed by atoms with Crippen molar-refractivity contribution in [2.45, 2.75) is 37.5 Å². The van der Waals surface area contributed by atoms with E-state index < -0.39 is 65.5 Å². The monoisotopic (exact) mass is 469 g/mol. The summed E-state index contributed by atoms with van der Waals surface area (Å²) in [6, 6.07) is 0.983. The highest BCUT2D eigenvalue weighted by atomic mass is 19.1. The standard InChI is InChI=1S/C22H23F4N3O4/c1-33-19-14(20(31)27-8-13-15(25)6-12(24)7-16(13)26)9-29-17(18(19)30)21(32)28-5-3-2-4-22(29,10-23)11-28/h6-7,9,19,30H,2-5,8,10-11H2,1H3,(H,27,31)/t19?,22-/m1/s1. The molecule has 1 unspecified atom stereocenters. The lowest BCUT2D eigenvalue weighted by Crippen LogP contribution is -2.63. The van der Waals surface area contributed by atoms with E-state index in [0.29, 0.717) is 37.9 Å². The van der Waals surface area contributed by atoms with E-state index in [1.165, 1.54) is 23.1 Å². The predicted molar refractivity (Wildman–Crippen MR) is 108 cm³/mol. The average Bonchev–Trinajstić information content (AvgIpc) is 2.98. The molecule has 2 bridgehead atoms. The molecule has 1 aromatic rings. The second-order valence-corrected chi connectivity index (χ2v) is 8.38. The maximum absolute atomic E-state index is 14.4. The molecule has 178 valence electrons. The van der Waals surface area contributed by atoms with Crippen LogP contribution in [-0.4, -0.2) is 65.2 Å². The highest BCUT2D eigenvalue weighted by molar-refractivity contribution is 5.99. The maximum Gasteiger partial charge on any atom is 0.274 e. The molecule has 0 spiro atoms. The highest BCUT2D eigenvalue weighted by Crippen LogP contribution is 2.41. The van der Waals surface area contributed by atoms with E-state index in [-0.39, 0.29) is 17.8 Å². The molecule has 2 atom stereocenters. The number of nitrogens with zero attached hydrogens (tertiary/aromatic N) is 2. The Kier molecular flexibility index (Phi) is 6.08. The Balaban J connectivity index is 1.68. The lowest BCUT2D eigenvalue weighted by atomic mass is 9.87. The van der Waals surface area contributed by atoms with Crippen molar-refractivity contribution in [1.29, 1.82) is 0 Å². The van der Waals surface area contributed by atoms with Gasteiger partial charge in [0.2, 0.25) is 0 Å². The molecule has 2 amide bonds. The van der Waals surface area contributed by atoms with Crippen LogP contribution in [0.1, 0.15) is 24.8 Å². The van der Waals surface area contributed by atoms with E-state index in [2.05, 4.69) is 5.32 Å². The normalized spacial score (nSPS) is 24.9. The number of benzene rings is 1. The second kappa shape index (κ2) is 8.69. The summed E-state index contributed by atoms with van der Waals surface area (Å²) in [5.74, 6) is -5.33. The van der Waals surface area contributed by atoms with Crippen molar-refractivity contribution in [3.05, 3.63) is 58.4 Å². The van der Waals surface area contributed by atoms with Gasteiger partial charge in [0.15, 0.2) is 5.76 Å². The molecule has 2 N–H and O–H groups in total. The fourth-order valence-electron chi connectivity index (χ4n) is 4.64. The third-order valence-corrected chi connectivity index (χ3v) is 6.37. The number of carbonyl (C=O) groups is 2. The molecule has 3 heterocycles. The number of nitrogens with one attached hydrogen (secondary N) is 1. The Morgan fingerprint density at radius 1 is 1.27 bits per heavy atom. The van der Waals surface area contributed by atoms with Crippen molar-refractivity contribution < 1.29 is 37.0 Å². The van der Waals surface area contributed by atoms with Gasteiger partial charge in [-0.05, 0) is 19.3 Å². The zero-order valence-corrected chi connectivity index (χ0v) is 17.8. The van der Waals surface area contributed by atoms with Crippen molar-refractivity contribution in [3.63, 3.8) is 0 Å². The number of amides is 2. The van der Waals surface area contributed by atoms with Gasteiger partial charge in [-0.3, -0.25) is 9.59 Å². The highest BCUT2D eigenvalue weighted by Gasteiger charge is 2.52. The summed E-state index contributed by atoms with van der Waals surface area (Å²) in [4.78, 5) is 28.7. The quantitative estimate of drug-likeness (QED) is 0.648. The number of rotatable bonds is 5. The number of aliphatic hydroxyl groups excluding tert-OH is 1. The van der Waals surface area contributed by atoms with Gasteiger partial charge >= 0.3 is 0 Å². The Hall–Kier alpha value is -3.08. The van der Waals surface area contributed by atoms with E-state index in [4.69, 9.17) is 4.74 Å². The zero-order valence-electron chi connectivity index (χ0n) is 17.8. The number of alkyl halides is 1. The zero-order chi connectivity index (χ0) is 23.9. The molecule has 2 fully saturated rings. The molecule has 0 aliphatic carbocycles. The molecule has 3 aliphatic rings. The van der Waals surface area contributed by atoms with Gasteiger partial charge < -0.3 is 25.0 Å². The number of carbonyl (C=O) groups excluding carboxylic acids is 2. The van der Waals surface area contributed by atoms with Crippen LogP contribution in [0.5, 0.6) is 0 Å². The number of fused-ring (bicyclic) bond motifs is 4. The summed E-state index contributed by atoms with van der Waals surface area (Å²) >= 11 is 0. The van der Waals surface area contributed by atoms with Crippen LogP contribution < -0.4 is 5.32 Å². The van der Waals surface area contributed by atoms with Gasteiger partial charge in [-0.25, -0.2) is 17.6 Å². The third-order valence-electron chi connectivity index (χ3n) is 6.37. The van der Waals surface area contributed by atoms with Gasteiger partial charge in [0.25, 0.3) is 11.8 Å². The smallest absolute Gasteiger partial charge is 0.274 e. The first-order chi connectivity index (χ1) is 15.7. The first-order valence-corrected chi connectivity index (χ1v) is 10.5. The van der Waals surface area contributed by atoms with Crippen molar-refractivity contribution in [1.82, 2.24) is 15.1 Å². The van der Waals surface area contributed by atoms with Crippen LogP contribution in [0.3, 0.4) is 0 Å². The van der Waals surface area contributed by atoms with Gasteiger partial charge in [0.05, 0.1) is 11.1 Å². The van der Waals surface area contributed by atoms with Gasteiger partial charge in [-0.2, -0.15) is 0 Å². The number of methoxy groups -OCH3 is 1. The number of ether oxygens (including phenoxy) is 1. The first-order valence-electron chi connectivity index (χ1n) is 10.5. The van der Waals surface area contributed by atoms with E-state index in [0.717, 1.165) is 0 Å². The minimum atomic E-state index is -1.35. The number of halogens is 4. The van der Waals surface area contributed by atoms with E-state index >= 15 is 0 Å². The van der Waals surface area contributed by atoms with Gasteiger partial charge in [0, 0.05) is 50.6 Å². The van der Waals surface area contributed by atoms with Crippen LogP contribution in [0.4, 0.5) is 17.6 Å². The van der Waals surface area contributed by atoms with Crippen molar-refractivity contribution in [2.24, 2.45) is 0 Å². The number of hydrogen-bond donors (Lipinski definition) is 2. The summed E-state index contributed by atoms with van der Waals surface area (Å²) in [5, 5.41) is 13.2. The van der Waals surface area contributed by atoms with E-state index in [1.54, 1.807) is 0 Å². The molecule has 33 heavy (non-hydrogen) atoms. The fraction of sp³-hybridized carbons (Fsp3) is 0.455. The Bertz CT molecular complexity index is 1040. The summed E-state index contributed by atoms with van der Waals surface area (Å²) < 4.78 is 60.6. The minimum Gasteiger partial charge on any atom is -0.507 e. The van der Waals surface area contributed by atoms with Crippen LogP contribution in [0.15, 0.2) is 35.4 Å². The summed E-state index contributed by atoms with van der Waals surface area (Å²) in [7, 11) is 1.21. The largest absolute Gasteiger partial charge is 0.507 e. The first kappa shape index (κ1) is 23.1. The topological polar surface area (TPSA) is 82.1 Å². The number of aliphatic hydroxyl groups is 1. The molecule has 0 aromatic heterocycles. The van der Waals surface area contributed by atoms with Gasteiger partial charge in [-0.1, -0.05) is 0 Å². The molecule has 0 saturated carbocycles. The number of hydrogen-bond acceptors (Lipinski definition) is 5. The van der Waals surface area contributed by atoms with E-state index in [9.17, 15) is 32.3 Å². The average molecular weight is 469 g/mol. The molecule has 1 aromatic carbocycles. The maximum atomic E-state index is 14.4. The van der Waals surface area contributed by atoms with Crippen LogP contribution in [0.2, 0.25) is 0 Å². The molecule has 0 radical (unpaired) electrons. The van der Waals surface area contributed by atoms with Crippen LogP contribution >= 0.6 is 0 Å². The number of piperazine rings is 1. The second-order valence-electron chi connectivity index (χ2n) is 8.38. The molecule has 3 aliphatic heterocycles. The van der Waals surface area contributed by atoms with E-state index in [1.807, 2.05) is 0 Å². The predicted octanol–water partition coefficient (Wildman–Crippen LogP) is 2.44. The lowest BCUT2D eigenvalue weighted by molar-refractivity contribution is -0.136. The molecular weight excluding hydrogens is 446 g/mol. The van der Waals surface area contributed by atoms with Crippen LogP contribution in [0, 0.1) is 17.5 Å². The van der Waals surface area contributed by atoms with Gasteiger partial charge in [0.1, 0.15) is 35.9 Å². The Morgan fingerprint density at radius 3 is 2.61 bits per heavy atom. The minimum absolute atomic E-state index is 0.0914. The van der Waals surface area contributed by atoms with Crippen molar-refractivity contribution in [3.8, 4) is 0 Å². The summed E-state index contributed by atoms with van der Waals surface area (Å²) in [6.45, 7) is -0.922. The SMILES string of the molecule is COC1C(C(=O)NCc2c(F)cc(F)cc2F)=CN2C(=C1O)C(=O)N1CCCC[C@@]2(CF)C1. The molecule has 11 heteroatoms. The Labute approximate surface area is 187 Å². The van der Waals surface area contributed by atoms with Gasteiger partial charge in [-0.15, -0.1) is 0 Å². The molecule has 2 saturated heterocycles. The lowest BCUT2D eigenvalue weighted by Gasteiger charge is -2.50. The van der Waals surface area contributed by atoms with Crippen molar-refractivity contribution >= 4 is 11.8 Å². The third kappa shape index (κ3) is 3.84. The van der Waals surface area contributed by atoms with Crippen LogP contribution in [0.25, 0.3) is 0 Å². The fourth-order valence-corrected chi connectivity index (χ4v) is 4.64. The van der Waals surface area contributed by atoms with Crippen LogP contribution in [-0.2, 0) is 20.9 Å². The summed E-state index contributed by atoms with van der Waals surface area (Å²) in [5.41, 5.74) is -2.03. The molecule has 7 nitrogen and oxygen atoms in total. The Morgan fingerprint density at radius 2 is 1.97 bits per heavy atom.